The van der Waals surface area contributed by atoms with E-state index < -0.39 is 0 Å². The van der Waals surface area contributed by atoms with E-state index in [9.17, 15) is 5.26 Å². The van der Waals surface area contributed by atoms with Crippen LogP contribution in [0.1, 0.15) is 41.7 Å². The van der Waals surface area contributed by atoms with E-state index >= 15 is 0 Å². The highest BCUT2D eigenvalue weighted by Gasteiger charge is 2.33. The van der Waals surface area contributed by atoms with Gasteiger partial charge in [-0.3, -0.25) is 0 Å². The molecule has 0 unspecified atom stereocenters. The molecule has 0 fully saturated rings. The lowest BCUT2D eigenvalue weighted by Crippen LogP contribution is -2.23. The van der Waals surface area contributed by atoms with E-state index in [-0.39, 0.29) is 5.41 Å². The Hall–Kier alpha value is -5.76. The fraction of sp³-hybridized carbons (Fsp3) is 0.0889. The molecule has 1 aliphatic heterocycles. The molecule has 7 aromatic rings. The van der Waals surface area contributed by atoms with Crippen molar-refractivity contribution in [3.05, 3.63) is 167 Å². The maximum atomic E-state index is 9.51. The zero-order valence-electron chi connectivity index (χ0n) is 27.2. The summed E-state index contributed by atoms with van der Waals surface area (Å²) in [7, 11) is 0. The van der Waals surface area contributed by atoms with Crippen molar-refractivity contribution in [2.24, 2.45) is 0 Å². The summed E-state index contributed by atoms with van der Waals surface area (Å²) in [6, 6.07) is 51.6. The Kier molecular flexibility index (Phi) is 6.86. The molecule has 3 nitrogen and oxygen atoms in total. The molecule has 49 heavy (non-hydrogen) atoms. The summed E-state index contributed by atoms with van der Waals surface area (Å²) in [5, 5.41) is 9.51. The van der Waals surface area contributed by atoms with Gasteiger partial charge in [-0.2, -0.15) is 5.26 Å². The lowest BCUT2D eigenvalue weighted by molar-refractivity contribution is 0.607. The smallest absolute Gasteiger partial charge is 0.160 e. The number of nitrogens with zero attached hydrogens (tertiary/aromatic N) is 3. The molecule has 4 heteroatoms. The van der Waals surface area contributed by atoms with E-state index in [1.54, 1.807) is 11.8 Å². The second kappa shape index (κ2) is 11.4. The Morgan fingerprint density at radius 2 is 1.27 bits per heavy atom. The first-order chi connectivity index (χ1) is 24.0. The summed E-state index contributed by atoms with van der Waals surface area (Å²) in [5.74, 6) is 0.711. The predicted octanol–water partition coefficient (Wildman–Crippen LogP) is 11.4. The number of fused-ring (bicyclic) bond motifs is 5. The van der Waals surface area contributed by atoms with Crippen molar-refractivity contribution in [1.82, 2.24) is 9.97 Å². The first kappa shape index (κ1) is 29.4. The minimum absolute atomic E-state index is 0.218. The van der Waals surface area contributed by atoms with Gasteiger partial charge in [-0.05, 0) is 87.3 Å². The first-order valence-electron chi connectivity index (χ1n) is 16.6. The summed E-state index contributed by atoms with van der Waals surface area (Å²) < 4.78 is 0. The van der Waals surface area contributed by atoms with E-state index in [1.165, 1.54) is 38.3 Å². The summed E-state index contributed by atoms with van der Waals surface area (Å²) in [4.78, 5) is 12.7. The standard InChI is InChI=1S/C45H31N3S/c1-45(2)38-20-16-28(27-46)22-43(38)49-42-21-18-31(25-39(42)45)35-14-8-9-15-37(35)41-26-40(47-44(48-41)29-10-4-3-5-11-29)32-17-19-36-33(24-32)23-30-12-6-7-13-34(30)36/h3-22,24-26H,23H2,1-2H3. The number of nitriles is 1. The van der Waals surface area contributed by atoms with Gasteiger partial charge in [0.15, 0.2) is 5.82 Å². The quantitative estimate of drug-likeness (QED) is 0.191. The van der Waals surface area contributed by atoms with Crippen LogP contribution in [0.4, 0.5) is 0 Å². The zero-order valence-corrected chi connectivity index (χ0v) is 28.1. The SMILES string of the molecule is CC1(C)c2ccc(C#N)cc2Sc2ccc(-c3ccccc3-c3cc(-c4ccc5c(c4)Cc4ccccc4-5)nc(-c4ccccc4)n3)cc21. The van der Waals surface area contributed by atoms with Crippen LogP contribution in [0.2, 0.25) is 0 Å². The number of rotatable bonds is 4. The maximum Gasteiger partial charge on any atom is 0.160 e. The van der Waals surface area contributed by atoms with Gasteiger partial charge in [-0.25, -0.2) is 9.97 Å². The van der Waals surface area contributed by atoms with Gasteiger partial charge in [0.25, 0.3) is 0 Å². The molecule has 0 radical (unpaired) electrons. The van der Waals surface area contributed by atoms with E-state index in [2.05, 4.69) is 129 Å². The lowest BCUT2D eigenvalue weighted by Gasteiger charge is -2.35. The van der Waals surface area contributed by atoms with Crippen molar-refractivity contribution in [2.75, 3.05) is 0 Å². The molecule has 0 amide bonds. The topological polar surface area (TPSA) is 49.6 Å². The van der Waals surface area contributed by atoms with Gasteiger partial charge in [0.05, 0.1) is 23.0 Å². The Bertz CT molecular complexity index is 2490. The molecule has 0 spiro atoms. The van der Waals surface area contributed by atoms with E-state index in [4.69, 9.17) is 9.97 Å². The van der Waals surface area contributed by atoms with Crippen LogP contribution in [0.5, 0.6) is 0 Å². The molecule has 1 aliphatic carbocycles. The number of hydrogen-bond acceptors (Lipinski definition) is 4. The highest BCUT2D eigenvalue weighted by Crippen LogP contribution is 2.50. The fourth-order valence-corrected chi connectivity index (χ4v) is 8.86. The van der Waals surface area contributed by atoms with Gasteiger partial charge in [0.1, 0.15) is 0 Å². The third-order valence-electron chi connectivity index (χ3n) is 10.0. The molecule has 0 atom stereocenters. The summed E-state index contributed by atoms with van der Waals surface area (Å²) in [6.45, 7) is 4.56. The van der Waals surface area contributed by atoms with Crippen LogP contribution in [0.25, 0.3) is 56.2 Å². The Morgan fingerprint density at radius 3 is 2.10 bits per heavy atom. The molecule has 9 rings (SSSR count). The molecule has 1 aromatic heterocycles. The largest absolute Gasteiger partial charge is 0.228 e. The predicted molar refractivity (Wildman–Crippen MR) is 199 cm³/mol. The molecule has 0 N–H and O–H groups in total. The minimum Gasteiger partial charge on any atom is -0.228 e. The van der Waals surface area contributed by atoms with Gasteiger partial charge in [0.2, 0.25) is 0 Å². The van der Waals surface area contributed by atoms with Crippen LogP contribution in [0.3, 0.4) is 0 Å². The van der Waals surface area contributed by atoms with E-state index in [0.29, 0.717) is 11.4 Å². The van der Waals surface area contributed by atoms with Crippen molar-refractivity contribution in [3.8, 4) is 62.2 Å². The lowest BCUT2D eigenvalue weighted by atomic mass is 9.76. The van der Waals surface area contributed by atoms with Crippen molar-refractivity contribution in [1.29, 1.82) is 5.26 Å². The van der Waals surface area contributed by atoms with Crippen molar-refractivity contribution < 1.29 is 0 Å². The van der Waals surface area contributed by atoms with Crippen LogP contribution in [-0.2, 0) is 11.8 Å². The van der Waals surface area contributed by atoms with Crippen molar-refractivity contribution in [2.45, 2.75) is 35.5 Å². The van der Waals surface area contributed by atoms with Gasteiger partial charge < -0.3 is 0 Å². The second-order valence-electron chi connectivity index (χ2n) is 13.3. The zero-order chi connectivity index (χ0) is 33.1. The summed E-state index contributed by atoms with van der Waals surface area (Å²) in [5.41, 5.74) is 15.6. The Balaban J connectivity index is 1.17. The number of benzene rings is 6. The van der Waals surface area contributed by atoms with Crippen LogP contribution in [0, 0.1) is 11.3 Å². The van der Waals surface area contributed by atoms with Gasteiger partial charge in [0, 0.05) is 31.9 Å². The highest BCUT2D eigenvalue weighted by molar-refractivity contribution is 7.99. The van der Waals surface area contributed by atoms with Gasteiger partial charge in [-0.15, -0.1) is 0 Å². The third-order valence-corrected chi connectivity index (χ3v) is 11.2. The monoisotopic (exact) mass is 645 g/mol. The Morgan fingerprint density at radius 1 is 0.551 bits per heavy atom. The minimum atomic E-state index is -0.218. The van der Waals surface area contributed by atoms with Gasteiger partial charge in [-0.1, -0.05) is 129 Å². The molecular weight excluding hydrogens is 615 g/mol. The van der Waals surface area contributed by atoms with Crippen LogP contribution in [-0.4, -0.2) is 9.97 Å². The molecule has 2 heterocycles. The molecule has 0 saturated carbocycles. The summed E-state index contributed by atoms with van der Waals surface area (Å²) >= 11 is 1.75. The van der Waals surface area contributed by atoms with Crippen LogP contribution in [0.15, 0.2) is 149 Å². The molecule has 0 bridgehead atoms. The molecule has 232 valence electrons. The summed E-state index contributed by atoms with van der Waals surface area (Å²) in [6.07, 6.45) is 0.933. The average Bonchev–Trinajstić information content (AvgIpc) is 3.53. The second-order valence-corrected chi connectivity index (χ2v) is 14.4. The number of aromatic nitrogens is 2. The highest BCUT2D eigenvalue weighted by atomic mass is 32.2. The normalized spacial score (nSPS) is 13.5. The van der Waals surface area contributed by atoms with Gasteiger partial charge >= 0.3 is 0 Å². The van der Waals surface area contributed by atoms with Crippen LogP contribution < -0.4 is 0 Å². The fourth-order valence-electron chi connectivity index (χ4n) is 7.44. The molecular formula is C45H31N3S. The van der Waals surface area contributed by atoms with Crippen LogP contribution >= 0.6 is 11.8 Å². The van der Waals surface area contributed by atoms with Crippen molar-refractivity contribution in [3.63, 3.8) is 0 Å². The molecule has 2 aliphatic rings. The van der Waals surface area contributed by atoms with E-state index in [0.717, 1.165) is 50.5 Å². The molecule has 0 saturated heterocycles. The molecule has 6 aromatic carbocycles. The van der Waals surface area contributed by atoms with E-state index in [1.807, 2.05) is 30.3 Å². The Labute approximate surface area is 291 Å². The average molecular weight is 646 g/mol. The van der Waals surface area contributed by atoms with Crippen molar-refractivity contribution >= 4 is 11.8 Å². The first-order valence-corrected chi connectivity index (χ1v) is 17.4. The number of hydrogen-bond donors (Lipinski definition) is 0. The third kappa shape index (κ3) is 4.98. The maximum absolute atomic E-state index is 9.51.